The van der Waals surface area contributed by atoms with Crippen LogP contribution in [0.15, 0.2) is 12.7 Å². The van der Waals surface area contributed by atoms with E-state index in [1.807, 2.05) is 13.8 Å². The Bertz CT molecular complexity index is 699. The molecule has 4 heteroatoms. The highest BCUT2D eigenvalue weighted by atomic mass is 16.3. The summed E-state index contributed by atoms with van der Waals surface area (Å²) in [6.07, 6.45) is 16.5. The Morgan fingerprint density at radius 3 is 2.11 bits per heavy atom. The number of nitrogens with one attached hydrogen (secondary N) is 1. The van der Waals surface area contributed by atoms with Crippen LogP contribution < -0.4 is 5.32 Å². The molecule has 36 heavy (non-hydrogen) atoms. The van der Waals surface area contributed by atoms with E-state index in [-0.39, 0.29) is 18.6 Å². The summed E-state index contributed by atoms with van der Waals surface area (Å²) in [5.41, 5.74) is 1.30. The molecule has 5 aliphatic carbocycles. The Kier molecular flexibility index (Phi) is 10.6. The number of hydrogen-bond acceptors (Lipinski definition) is 4. The zero-order valence-corrected chi connectivity index (χ0v) is 24.3. The standard InChI is InChI=1S/C27H47NO2.C3H6O.C2H6/c1-18-20-8-12-26(3)21-9-14-27(17-30)11-4-5-22(27)19(21)6-7-24(26)25(20,2)13-10-23(18)28-15-16-29;1-2-3-4;1-2/h18-24,28-30H,4-17H2,1-3H3;2,4H,1,3H2;1-2H3. The number of rotatable bonds is 5. The van der Waals surface area contributed by atoms with E-state index in [2.05, 4.69) is 32.7 Å². The number of aliphatic hydroxyl groups excluding tert-OH is 3. The minimum Gasteiger partial charge on any atom is -0.396 e. The lowest BCUT2D eigenvalue weighted by Gasteiger charge is -2.68. The van der Waals surface area contributed by atoms with Crippen molar-refractivity contribution in [2.75, 3.05) is 26.4 Å². The summed E-state index contributed by atoms with van der Waals surface area (Å²) in [5.74, 6) is 5.03. The predicted molar refractivity (Wildman–Crippen MR) is 151 cm³/mol. The van der Waals surface area contributed by atoms with Crippen molar-refractivity contribution in [1.29, 1.82) is 0 Å². The number of fused-ring (bicyclic) bond motifs is 7. The maximum atomic E-state index is 10.3. The number of hydrogen-bond donors (Lipinski definition) is 4. The van der Waals surface area contributed by atoms with Crippen molar-refractivity contribution in [3.05, 3.63) is 12.7 Å². The maximum Gasteiger partial charge on any atom is 0.0609 e. The highest BCUT2D eigenvalue weighted by Crippen LogP contribution is 2.71. The van der Waals surface area contributed by atoms with Gasteiger partial charge in [0.1, 0.15) is 0 Å². The molecule has 5 aliphatic rings. The quantitative estimate of drug-likeness (QED) is 0.336. The van der Waals surface area contributed by atoms with Gasteiger partial charge >= 0.3 is 0 Å². The first-order valence-corrected chi connectivity index (χ1v) is 15.5. The minimum absolute atomic E-state index is 0.0833. The van der Waals surface area contributed by atoms with Crippen LogP contribution in [-0.2, 0) is 0 Å². The summed E-state index contributed by atoms with van der Waals surface area (Å²) in [4.78, 5) is 0. The van der Waals surface area contributed by atoms with Crippen molar-refractivity contribution in [3.63, 3.8) is 0 Å². The van der Waals surface area contributed by atoms with Gasteiger partial charge in [0.25, 0.3) is 0 Å². The van der Waals surface area contributed by atoms with Crippen LogP contribution in [0.2, 0.25) is 0 Å². The monoisotopic (exact) mass is 505 g/mol. The zero-order valence-electron chi connectivity index (χ0n) is 24.3. The van der Waals surface area contributed by atoms with E-state index >= 15 is 0 Å². The molecule has 10 unspecified atom stereocenters. The molecule has 0 amide bonds. The van der Waals surface area contributed by atoms with Crippen LogP contribution in [0, 0.1) is 51.8 Å². The van der Waals surface area contributed by atoms with Crippen LogP contribution in [0.4, 0.5) is 0 Å². The molecule has 4 N–H and O–H groups in total. The average Bonchev–Trinajstić information content (AvgIpc) is 3.34. The summed E-state index contributed by atoms with van der Waals surface area (Å²) in [5, 5.41) is 31.0. The Hall–Kier alpha value is -0.420. The fraction of sp³-hybridized carbons (Fsp3) is 0.938. The molecule has 0 aliphatic heterocycles. The predicted octanol–water partition coefficient (Wildman–Crippen LogP) is 6.20. The summed E-state index contributed by atoms with van der Waals surface area (Å²) >= 11 is 0. The summed E-state index contributed by atoms with van der Waals surface area (Å²) in [6.45, 7) is 16.6. The molecule has 5 saturated carbocycles. The van der Waals surface area contributed by atoms with Gasteiger partial charge in [0.2, 0.25) is 0 Å². The first-order valence-electron chi connectivity index (χ1n) is 15.5. The Morgan fingerprint density at radius 1 is 0.833 bits per heavy atom. The van der Waals surface area contributed by atoms with Gasteiger partial charge < -0.3 is 20.6 Å². The van der Waals surface area contributed by atoms with Gasteiger partial charge in [-0.15, -0.1) is 6.58 Å². The zero-order chi connectivity index (χ0) is 26.6. The van der Waals surface area contributed by atoms with Crippen LogP contribution >= 0.6 is 0 Å². The van der Waals surface area contributed by atoms with E-state index in [9.17, 15) is 10.2 Å². The second-order valence-electron chi connectivity index (χ2n) is 13.3. The molecule has 10 atom stereocenters. The van der Waals surface area contributed by atoms with Crippen LogP contribution in [0.25, 0.3) is 0 Å². The third-order valence-corrected chi connectivity index (χ3v) is 12.3. The first-order chi connectivity index (χ1) is 17.3. The van der Waals surface area contributed by atoms with Gasteiger partial charge in [0.05, 0.1) is 13.2 Å². The van der Waals surface area contributed by atoms with E-state index in [4.69, 9.17) is 5.11 Å². The van der Waals surface area contributed by atoms with E-state index in [1.54, 1.807) is 0 Å². The van der Waals surface area contributed by atoms with Crippen molar-refractivity contribution in [1.82, 2.24) is 5.32 Å². The molecule has 0 heterocycles. The first kappa shape index (κ1) is 30.1. The van der Waals surface area contributed by atoms with Crippen LogP contribution in [0.3, 0.4) is 0 Å². The smallest absolute Gasteiger partial charge is 0.0609 e. The van der Waals surface area contributed by atoms with Gasteiger partial charge in [-0.25, -0.2) is 0 Å². The number of aliphatic hydroxyl groups is 3. The van der Waals surface area contributed by atoms with Gasteiger partial charge in [-0.2, -0.15) is 0 Å². The minimum atomic E-state index is 0.0833. The maximum absolute atomic E-state index is 10.3. The molecule has 0 aromatic carbocycles. The molecule has 0 radical (unpaired) electrons. The van der Waals surface area contributed by atoms with Crippen molar-refractivity contribution in [2.24, 2.45) is 51.8 Å². The highest BCUT2D eigenvalue weighted by Gasteiger charge is 2.64. The summed E-state index contributed by atoms with van der Waals surface area (Å²) in [6, 6.07) is 0.592. The fourth-order valence-electron chi connectivity index (χ4n) is 10.8. The fourth-order valence-corrected chi connectivity index (χ4v) is 10.8. The molecule has 0 saturated heterocycles. The van der Waals surface area contributed by atoms with Crippen molar-refractivity contribution < 1.29 is 15.3 Å². The average molecular weight is 506 g/mol. The van der Waals surface area contributed by atoms with Gasteiger partial charge in [0, 0.05) is 19.2 Å². The van der Waals surface area contributed by atoms with Gasteiger partial charge in [0.15, 0.2) is 0 Å². The van der Waals surface area contributed by atoms with Crippen molar-refractivity contribution >= 4 is 0 Å². The third-order valence-electron chi connectivity index (χ3n) is 12.3. The molecule has 0 bridgehead atoms. The van der Waals surface area contributed by atoms with Crippen LogP contribution in [0.1, 0.15) is 105 Å². The Labute approximate surface area is 222 Å². The molecule has 0 aromatic rings. The highest BCUT2D eigenvalue weighted by molar-refractivity contribution is 5.13. The van der Waals surface area contributed by atoms with Crippen molar-refractivity contribution in [2.45, 2.75) is 111 Å². The third kappa shape index (κ3) is 5.10. The lowest BCUT2D eigenvalue weighted by atomic mass is 9.37. The second-order valence-corrected chi connectivity index (χ2v) is 13.3. The van der Waals surface area contributed by atoms with Gasteiger partial charge in [-0.3, -0.25) is 0 Å². The van der Waals surface area contributed by atoms with Gasteiger partial charge in [-0.1, -0.05) is 47.1 Å². The van der Waals surface area contributed by atoms with Crippen molar-refractivity contribution in [3.8, 4) is 0 Å². The molecule has 5 fully saturated rings. The van der Waals surface area contributed by atoms with E-state index in [0.717, 1.165) is 42.1 Å². The molecule has 210 valence electrons. The Morgan fingerprint density at radius 2 is 1.47 bits per heavy atom. The molecule has 0 aromatic heterocycles. The van der Waals surface area contributed by atoms with Crippen LogP contribution in [0.5, 0.6) is 0 Å². The molecule has 4 nitrogen and oxygen atoms in total. The lowest BCUT2D eigenvalue weighted by Crippen LogP contribution is -2.62. The normalized spacial score (nSPS) is 46.9. The van der Waals surface area contributed by atoms with E-state index in [0.29, 0.717) is 23.5 Å². The topological polar surface area (TPSA) is 72.7 Å². The molecule has 0 spiro atoms. The molecular formula is C32H59NO3. The van der Waals surface area contributed by atoms with E-state index in [1.165, 1.54) is 76.7 Å². The SMILES string of the molecule is C=CCO.CC.CC1C(NCCO)CCC2(C)C1CCC1(C)C3CCC4(CO)CCCC4C3CCC21. The molecule has 5 rings (SSSR count). The van der Waals surface area contributed by atoms with E-state index < -0.39 is 0 Å². The lowest BCUT2D eigenvalue weighted by molar-refractivity contribution is -0.188. The van der Waals surface area contributed by atoms with Crippen LogP contribution in [-0.4, -0.2) is 47.7 Å². The van der Waals surface area contributed by atoms with Gasteiger partial charge in [-0.05, 0) is 116 Å². The summed E-state index contributed by atoms with van der Waals surface area (Å²) < 4.78 is 0. The molecular weight excluding hydrogens is 446 g/mol. The Balaban J connectivity index is 0.000000550. The summed E-state index contributed by atoms with van der Waals surface area (Å²) in [7, 11) is 0. The second kappa shape index (κ2) is 12.6. The largest absolute Gasteiger partial charge is 0.396 e.